The molecule has 1 heterocycles. The van der Waals surface area contributed by atoms with Crippen LogP contribution in [-0.4, -0.2) is 46.6 Å². The average molecular weight is 363 g/mol. The van der Waals surface area contributed by atoms with E-state index in [1.807, 2.05) is 12.3 Å². The number of thioether (sulfide) groups is 1. The first-order valence-corrected chi connectivity index (χ1v) is 9.26. The van der Waals surface area contributed by atoms with Crippen molar-refractivity contribution in [1.82, 2.24) is 14.9 Å². The highest BCUT2D eigenvalue weighted by Crippen LogP contribution is 2.05. The topological polar surface area (TPSA) is 90.3 Å². The number of carbonyl (C=O) groups is 2. The second kappa shape index (κ2) is 9.22. The molecule has 0 aliphatic carbocycles. The van der Waals surface area contributed by atoms with Gasteiger partial charge in [-0.2, -0.15) is 11.8 Å². The Balaban J connectivity index is 2.00. The number of aromatic nitrogens is 2. The molecule has 2 aromatic rings. The van der Waals surface area contributed by atoms with Crippen molar-refractivity contribution in [3.8, 4) is 0 Å². The Morgan fingerprint density at radius 1 is 1.36 bits per heavy atom. The van der Waals surface area contributed by atoms with E-state index in [0.717, 1.165) is 5.75 Å². The SMILES string of the molecule is COC(=O)[C@H](CCSC)NC(=O)CCn1cnc2ccccc2c1=O. The summed E-state index contributed by atoms with van der Waals surface area (Å²) in [6, 6.07) is 6.39. The summed E-state index contributed by atoms with van der Waals surface area (Å²) >= 11 is 1.59. The normalized spacial score (nSPS) is 11.9. The van der Waals surface area contributed by atoms with Crippen LogP contribution in [0.15, 0.2) is 35.4 Å². The third-order valence-electron chi connectivity index (χ3n) is 3.74. The summed E-state index contributed by atoms with van der Waals surface area (Å²) < 4.78 is 6.11. The molecule has 1 aromatic heterocycles. The summed E-state index contributed by atoms with van der Waals surface area (Å²) in [4.78, 5) is 40.4. The first-order valence-electron chi connectivity index (χ1n) is 7.87. The summed E-state index contributed by atoms with van der Waals surface area (Å²) in [6.45, 7) is 0.193. The largest absolute Gasteiger partial charge is 0.467 e. The maximum absolute atomic E-state index is 12.4. The fourth-order valence-electron chi connectivity index (χ4n) is 2.38. The molecule has 0 spiro atoms. The summed E-state index contributed by atoms with van der Waals surface area (Å²) in [6.07, 6.45) is 3.93. The lowest BCUT2D eigenvalue weighted by molar-refractivity contribution is -0.145. The van der Waals surface area contributed by atoms with Crippen molar-refractivity contribution in [2.24, 2.45) is 0 Å². The number of para-hydroxylation sites is 1. The molecule has 0 fully saturated rings. The van der Waals surface area contributed by atoms with Crippen LogP contribution in [-0.2, 0) is 20.9 Å². The van der Waals surface area contributed by atoms with Gasteiger partial charge < -0.3 is 10.1 Å². The minimum absolute atomic E-state index is 0.0761. The van der Waals surface area contributed by atoms with E-state index in [4.69, 9.17) is 4.74 Å². The van der Waals surface area contributed by atoms with Crippen molar-refractivity contribution in [3.63, 3.8) is 0 Å². The fraction of sp³-hybridized carbons (Fsp3) is 0.412. The van der Waals surface area contributed by atoms with Gasteiger partial charge in [0.2, 0.25) is 5.91 Å². The molecule has 2 rings (SSSR count). The first kappa shape index (κ1) is 19.0. The highest BCUT2D eigenvalue weighted by atomic mass is 32.2. The Kier molecular flexibility index (Phi) is 7.00. The van der Waals surface area contributed by atoms with Crippen LogP contribution in [0, 0.1) is 0 Å². The molecule has 0 saturated carbocycles. The van der Waals surface area contributed by atoms with E-state index in [9.17, 15) is 14.4 Å². The number of fused-ring (bicyclic) bond motifs is 1. The van der Waals surface area contributed by atoms with E-state index in [-0.39, 0.29) is 24.4 Å². The summed E-state index contributed by atoms with van der Waals surface area (Å²) in [5.74, 6) is -0.0443. The third-order valence-corrected chi connectivity index (χ3v) is 4.39. The van der Waals surface area contributed by atoms with E-state index in [0.29, 0.717) is 17.3 Å². The van der Waals surface area contributed by atoms with Gasteiger partial charge in [-0.3, -0.25) is 14.2 Å². The van der Waals surface area contributed by atoms with Gasteiger partial charge >= 0.3 is 5.97 Å². The molecule has 1 aromatic carbocycles. The minimum Gasteiger partial charge on any atom is -0.467 e. The Bertz CT molecular complexity index is 806. The molecular weight excluding hydrogens is 342 g/mol. The van der Waals surface area contributed by atoms with E-state index >= 15 is 0 Å². The van der Waals surface area contributed by atoms with Crippen LogP contribution < -0.4 is 10.9 Å². The number of benzene rings is 1. The molecule has 134 valence electrons. The Morgan fingerprint density at radius 2 is 2.12 bits per heavy atom. The van der Waals surface area contributed by atoms with E-state index in [1.54, 1.807) is 30.0 Å². The van der Waals surface area contributed by atoms with Gasteiger partial charge in [0.15, 0.2) is 0 Å². The molecule has 0 saturated heterocycles. The Labute approximate surface area is 149 Å². The van der Waals surface area contributed by atoms with Gasteiger partial charge in [-0.25, -0.2) is 9.78 Å². The quantitative estimate of drug-likeness (QED) is 0.709. The molecule has 25 heavy (non-hydrogen) atoms. The molecule has 0 radical (unpaired) electrons. The second-order valence-corrected chi connectivity index (χ2v) is 6.42. The monoisotopic (exact) mass is 363 g/mol. The second-order valence-electron chi connectivity index (χ2n) is 5.43. The number of aryl methyl sites for hydroxylation is 1. The first-order chi connectivity index (χ1) is 12.1. The van der Waals surface area contributed by atoms with Gasteiger partial charge in [0, 0.05) is 13.0 Å². The maximum atomic E-state index is 12.4. The number of hydrogen-bond acceptors (Lipinski definition) is 6. The van der Waals surface area contributed by atoms with Crippen molar-refractivity contribution in [2.45, 2.75) is 25.4 Å². The van der Waals surface area contributed by atoms with Gasteiger partial charge in [-0.05, 0) is 30.6 Å². The van der Waals surface area contributed by atoms with Gasteiger partial charge in [-0.1, -0.05) is 12.1 Å². The molecule has 0 bridgehead atoms. The van der Waals surface area contributed by atoms with Crippen LogP contribution in [0.25, 0.3) is 10.9 Å². The molecule has 1 atom stereocenters. The Morgan fingerprint density at radius 3 is 2.84 bits per heavy atom. The summed E-state index contributed by atoms with van der Waals surface area (Å²) in [5.41, 5.74) is 0.432. The van der Waals surface area contributed by atoms with Gasteiger partial charge in [0.25, 0.3) is 5.56 Å². The van der Waals surface area contributed by atoms with E-state index in [1.165, 1.54) is 18.0 Å². The fourth-order valence-corrected chi connectivity index (χ4v) is 2.85. The average Bonchev–Trinajstić information content (AvgIpc) is 2.64. The molecule has 7 nitrogen and oxygen atoms in total. The number of nitrogens with zero attached hydrogens (tertiary/aromatic N) is 2. The van der Waals surface area contributed by atoms with Crippen LogP contribution >= 0.6 is 11.8 Å². The summed E-state index contributed by atoms with van der Waals surface area (Å²) in [5, 5.41) is 3.18. The molecule has 0 unspecified atom stereocenters. The minimum atomic E-state index is -0.670. The lowest BCUT2D eigenvalue weighted by Gasteiger charge is -2.16. The van der Waals surface area contributed by atoms with Crippen LogP contribution in [0.3, 0.4) is 0 Å². The molecule has 8 heteroatoms. The molecule has 0 aliphatic heterocycles. The molecule has 1 N–H and O–H groups in total. The van der Waals surface area contributed by atoms with Crippen LogP contribution in [0.1, 0.15) is 12.8 Å². The smallest absolute Gasteiger partial charge is 0.328 e. The van der Waals surface area contributed by atoms with E-state index < -0.39 is 12.0 Å². The number of rotatable bonds is 8. The number of hydrogen-bond donors (Lipinski definition) is 1. The van der Waals surface area contributed by atoms with Crippen LogP contribution in [0.5, 0.6) is 0 Å². The predicted molar refractivity (Wildman–Crippen MR) is 97.6 cm³/mol. The zero-order valence-electron chi connectivity index (χ0n) is 14.2. The van der Waals surface area contributed by atoms with Crippen LogP contribution in [0.2, 0.25) is 0 Å². The van der Waals surface area contributed by atoms with Crippen LogP contribution in [0.4, 0.5) is 0 Å². The molecular formula is C17H21N3O4S. The molecule has 0 aliphatic rings. The van der Waals surface area contributed by atoms with Crippen molar-refractivity contribution in [1.29, 1.82) is 0 Å². The van der Waals surface area contributed by atoms with Crippen molar-refractivity contribution in [2.75, 3.05) is 19.1 Å². The van der Waals surface area contributed by atoms with Gasteiger partial charge in [0.1, 0.15) is 6.04 Å². The predicted octanol–water partition coefficient (Wildman–Crippen LogP) is 1.20. The van der Waals surface area contributed by atoms with Gasteiger partial charge in [-0.15, -0.1) is 0 Å². The zero-order valence-corrected chi connectivity index (χ0v) is 15.0. The lowest BCUT2D eigenvalue weighted by atomic mass is 10.2. The highest BCUT2D eigenvalue weighted by molar-refractivity contribution is 7.98. The lowest BCUT2D eigenvalue weighted by Crippen LogP contribution is -2.42. The van der Waals surface area contributed by atoms with Crippen molar-refractivity contribution in [3.05, 3.63) is 40.9 Å². The standard InChI is InChI=1S/C17H21N3O4S/c1-24-17(23)14(8-10-25-2)19-15(21)7-9-20-11-18-13-6-4-3-5-12(13)16(20)22/h3-6,11,14H,7-10H2,1-2H3,(H,19,21)/t14-/m0/s1. The number of nitrogens with one attached hydrogen (secondary N) is 1. The maximum Gasteiger partial charge on any atom is 0.328 e. The zero-order chi connectivity index (χ0) is 18.2. The number of esters is 1. The van der Waals surface area contributed by atoms with Crippen molar-refractivity contribution >= 4 is 34.5 Å². The highest BCUT2D eigenvalue weighted by Gasteiger charge is 2.20. The summed E-state index contributed by atoms with van der Waals surface area (Å²) in [7, 11) is 1.29. The number of ether oxygens (including phenoxy) is 1. The number of methoxy groups -OCH3 is 1. The molecule has 1 amide bonds. The van der Waals surface area contributed by atoms with E-state index in [2.05, 4.69) is 10.3 Å². The Hall–Kier alpha value is -2.35. The van der Waals surface area contributed by atoms with Gasteiger partial charge in [0.05, 0.1) is 24.3 Å². The van der Waals surface area contributed by atoms with Crippen molar-refractivity contribution < 1.29 is 14.3 Å². The number of carbonyl (C=O) groups excluding carboxylic acids is 2. The number of amides is 1. The third kappa shape index (κ3) is 5.06.